The Hall–Kier alpha value is -1.95. The molecule has 0 spiro atoms. The first-order valence-corrected chi connectivity index (χ1v) is 6.15. The molecule has 0 heterocycles. The summed E-state index contributed by atoms with van der Waals surface area (Å²) in [6.07, 6.45) is 1.84. The molecule has 0 bridgehead atoms. The van der Waals surface area contributed by atoms with E-state index in [1.807, 2.05) is 0 Å². The third kappa shape index (κ3) is 5.05. The highest BCUT2D eigenvalue weighted by atomic mass is 35.5. The number of hydrogen-bond acceptors (Lipinski definition) is 4. The lowest BCUT2D eigenvalue weighted by molar-refractivity contribution is 0.0950. The Morgan fingerprint density at radius 1 is 1.42 bits per heavy atom. The van der Waals surface area contributed by atoms with E-state index < -0.39 is 0 Å². The van der Waals surface area contributed by atoms with Gasteiger partial charge in [0.15, 0.2) is 0 Å². The first-order valence-electron chi connectivity index (χ1n) is 5.77. The summed E-state index contributed by atoms with van der Waals surface area (Å²) in [7, 11) is 0. The molecule has 5 N–H and O–H groups in total. The molecule has 0 unspecified atom stereocenters. The van der Waals surface area contributed by atoms with Crippen LogP contribution in [0.3, 0.4) is 0 Å². The van der Waals surface area contributed by atoms with Crippen molar-refractivity contribution in [3.8, 4) is 5.75 Å². The second-order valence-corrected chi connectivity index (χ2v) is 4.40. The van der Waals surface area contributed by atoms with E-state index in [0.717, 1.165) is 0 Å². The minimum Gasteiger partial charge on any atom is -0.507 e. The van der Waals surface area contributed by atoms with Gasteiger partial charge in [0.1, 0.15) is 11.6 Å². The fourth-order valence-corrected chi connectivity index (χ4v) is 1.64. The van der Waals surface area contributed by atoms with Gasteiger partial charge in [-0.3, -0.25) is 4.79 Å². The van der Waals surface area contributed by atoms with Crippen LogP contribution in [0, 0.1) is 0 Å². The molecule has 0 saturated carbocycles. The van der Waals surface area contributed by atoms with E-state index in [9.17, 15) is 9.90 Å². The first-order chi connectivity index (χ1) is 9.04. The summed E-state index contributed by atoms with van der Waals surface area (Å²) in [6.45, 7) is 0.434. The van der Waals surface area contributed by atoms with Crippen LogP contribution in [0.5, 0.6) is 5.75 Å². The molecule has 0 atom stereocenters. The van der Waals surface area contributed by atoms with E-state index in [1.54, 1.807) is 0 Å². The van der Waals surface area contributed by atoms with Crippen LogP contribution in [-0.2, 0) is 0 Å². The van der Waals surface area contributed by atoms with Crippen LogP contribution in [0.1, 0.15) is 29.6 Å². The van der Waals surface area contributed by atoms with Gasteiger partial charge in [0.25, 0.3) is 5.91 Å². The van der Waals surface area contributed by atoms with Crippen molar-refractivity contribution in [2.75, 3.05) is 6.54 Å². The second kappa shape index (κ2) is 7.48. The number of halogens is 1. The Bertz CT molecular complexity index is 477. The molecule has 1 rings (SSSR count). The Morgan fingerprint density at radius 2 is 2.16 bits per heavy atom. The van der Waals surface area contributed by atoms with Gasteiger partial charge in [0, 0.05) is 18.0 Å². The van der Waals surface area contributed by atoms with Gasteiger partial charge in [-0.25, -0.2) is 0 Å². The Morgan fingerprint density at radius 3 is 2.84 bits per heavy atom. The summed E-state index contributed by atoms with van der Waals surface area (Å²) in [6, 6.07) is 4.28. The quantitative estimate of drug-likeness (QED) is 0.210. The number of rotatable bonds is 6. The molecular formula is C12H16ClN3O3. The SMILES string of the molecule is NC(CCCCNC(=O)c1cc(Cl)ccc1O)=NO. The number of unbranched alkanes of at least 4 members (excludes halogenated alkanes) is 1. The van der Waals surface area contributed by atoms with Crippen molar-refractivity contribution in [3.05, 3.63) is 28.8 Å². The molecule has 1 amide bonds. The normalized spacial score (nSPS) is 11.3. The molecular weight excluding hydrogens is 270 g/mol. The summed E-state index contributed by atoms with van der Waals surface area (Å²) in [4.78, 5) is 11.8. The van der Waals surface area contributed by atoms with E-state index >= 15 is 0 Å². The molecule has 0 aliphatic carbocycles. The molecule has 0 aromatic heterocycles. The fourth-order valence-electron chi connectivity index (χ4n) is 1.47. The van der Waals surface area contributed by atoms with Gasteiger partial charge in [-0.05, 0) is 31.0 Å². The van der Waals surface area contributed by atoms with Crippen LogP contribution in [0.4, 0.5) is 0 Å². The fraction of sp³-hybridized carbons (Fsp3) is 0.333. The largest absolute Gasteiger partial charge is 0.507 e. The Balaban J connectivity index is 2.37. The van der Waals surface area contributed by atoms with Crippen LogP contribution < -0.4 is 11.1 Å². The van der Waals surface area contributed by atoms with Crippen LogP contribution in [-0.4, -0.2) is 28.6 Å². The third-order valence-corrected chi connectivity index (χ3v) is 2.71. The minimum absolute atomic E-state index is 0.112. The number of aromatic hydroxyl groups is 1. The van der Waals surface area contributed by atoms with Crippen LogP contribution in [0.25, 0.3) is 0 Å². The van der Waals surface area contributed by atoms with Crippen molar-refractivity contribution in [2.24, 2.45) is 10.9 Å². The van der Waals surface area contributed by atoms with Crippen molar-refractivity contribution >= 4 is 23.3 Å². The first kappa shape index (κ1) is 15.1. The molecule has 0 saturated heterocycles. The summed E-state index contributed by atoms with van der Waals surface area (Å²) < 4.78 is 0. The van der Waals surface area contributed by atoms with Gasteiger partial charge in [-0.2, -0.15) is 0 Å². The summed E-state index contributed by atoms with van der Waals surface area (Å²) in [5.41, 5.74) is 5.45. The zero-order chi connectivity index (χ0) is 14.3. The highest BCUT2D eigenvalue weighted by molar-refractivity contribution is 6.31. The van der Waals surface area contributed by atoms with Gasteiger partial charge >= 0.3 is 0 Å². The Labute approximate surface area is 115 Å². The highest BCUT2D eigenvalue weighted by Gasteiger charge is 2.10. The van der Waals surface area contributed by atoms with Crippen LogP contribution in [0.15, 0.2) is 23.4 Å². The number of nitrogens with two attached hydrogens (primary N) is 1. The number of hydrogen-bond donors (Lipinski definition) is 4. The molecule has 1 aromatic carbocycles. The van der Waals surface area contributed by atoms with Gasteiger partial charge in [-0.1, -0.05) is 16.8 Å². The maximum absolute atomic E-state index is 11.8. The minimum atomic E-state index is -0.385. The maximum Gasteiger partial charge on any atom is 0.255 e. The summed E-state index contributed by atoms with van der Waals surface area (Å²) in [5, 5.41) is 23.8. The number of carbonyl (C=O) groups excluding carboxylic acids is 1. The second-order valence-electron chi connectivity index (χ2n) is 3.97. The van der Waals surface area contributed by atoms with Crippen molar-refractivity contribution in [3.63, 3.8) is 0 Å². The monoisotopic (exact) mass is 285 g/mol. The number of amides is 1. The zero-order valence-corrected chi connectivity index (χ0v) is 11.0. The van der Waals surface area contributed by atoms with Crippen molar-refractivity contribution < 1.29 is 15.1 Å². The average molecular weight is 286 g/mol. The number of nitrogens with one attached hydrogen (secondary N) is 1. The van der Waals surface area contributed by atoms with Crippen molar-refractivity contribution in [1.29, 1.82) is 0 Å². The Kier molecular flexibility index (Phi) is 5.95. The summed E-state index contributed by atoms with van der Waals surface area (Å²) in [5.74, 6) is -0.332. The molecule has 0 aliphatic heterocycles. The number of amidine groups is 1. The molecule has 0 aliphatic rings. The highest BCUT2D eigenvalue weighted by Crippen LogP contribution is 2.21. The third-order valence-electron chi connectivity index (χ3n) is 2.48. The molecule has 0 fully saturated rings. The number of oxime groups is 1. The van der Waals surface area contributed by atoms with Gasteiger partial charge < -0.3 is 21.4 Å². The van der Waals surface area contributed by atoms with Crippen LogP contribution in [0.2, 0.25) is 5.02 Å². The van der Waals surface area contributed by atoms with Crippen LogP contribution >= 0.6 is 11.6 Å². The number of phenolic OH excluding ortho intramolecular Hbond substituents is 1. The lowest BCUT2D eigenvalue weighted by Gasteiger charge is -2.07. The zero-order valence-electron chi connectivity index (χ0n) is 10.3. The van der Waals surface area contributed by atoms with E-state index in [0.29, 0.717) is 30.8 Å². The van der Waals surface area contributed by atoms with E-state index in [2.05, 4.69) is 10.5 Å². The molecule has 104 valence electrons. The molecule has 1 aromatic rings. The number of benzene rings is 1. The predicted molar refractivity (Wildman–Crippen MR) is 72.7 cm³/mol. The topological polar surface area (TPSA) is 108 Å². The molecule has 19 heavy (non-hydrogen) atoms. The number of phenols is 1. The number of carbonyl (C=O) groups is 1. The van der Waals surface area contributed by atoms with Gasteiger partial charge in [0.2, 0.25) is 0 Å². The molecule has 7 heteroatoms. The van der Waals surface area contributed by atoms with E-state index in [-0.39, 0.29) is 23.1 Å². The lowest BCUT2D eigenvalue weighted by Crippen LogP contribution is -2.24. The van der Waals surface area contributed by atoms with Crippen molar-refractivity contribution in [2.45, 2.75) is 19.3 Å². The standard InChI is InChI=1S/C12H16ClN3O3/c13-8-4-5-10(17)9(7-8)12(18)15-6-2-1-3-11(14)16-19/h4-5,7,17,19H,1-3,6H2,(H2,14,16)(H,15,18). The van der Waals surface area contributed by atoms with Crippen molar-refractivity contribution in [1.82, 2.24) is 5.32 Å². The van der Waals surface area contributed by atoms with E-state index in [4.69, 9.17) is 22.5 Å². The van der Waals surface area contributed by atoms with Gasteiger partial charge in [-0.15, -0.1) is 0 Å². The molecule has 0 radical (unpaired) electrons. The maximum atomic E-state index is 11.8. The van der Waals surface area contributed by atoms with E-state index in [1.165, 1.54) is 18.2 Å². The number of nitrogens with zero attached hydrogens (tertiary/aromatic N) is 1. The average Bonchev–Trinajstić information content (AvgIpc) is 2.40. The summed E-state index contributed by atoms with van der Waals surface area (Å²) >= 11 is 5.75. The smallest absolute Gasteiger partial charge is 0.255 e. The van der Waals surface area contributed by atoms with Gasteiger partial charge in [0.05, 0.1) is 5.56 Å². The predicted octanol–water partition coefficient (Wildman–Crippen LogP) is 1.69. The molecule has 6 nitrogen and oxygen atoms in total. The lowest BCUT2D eigenvalue weighted by atomic mass is 10.2.